The fourth-order valence-electron chi connectivity index (χ4n) is 0.0781. The molecule has 0 aliphatic rings. The van der Waals surface area contributed by atoms with E-state index in [1.165, 1.54) is 0 Å². The van der Waals surface area contributed by atoms with Crippen molar-refractivity contribution in [1.82, 2.24) is 0 Å². The van der Waals surface area contributed by atoms with Gasteiger partial charge in [-0.05, 0) is 0 Å². The number of thiol groups is 2. The summed E-state index contributed by atoms with van der Waals surface area (Å²) >= 11 is 7.22. The average Bonchev–Trinajstić information content (AvgIpc) is 1.65. The fourth-order valence-corrected chi connectivity index (χ4v) is 0.479. The monoisotopic (exact) mass is 137 g/mol. The third-order valence-corrected chi connectivity index (χ3v) is 1.24. The number of carbonyl (C=O) groups is 1. The van der Waals surface area contributed by atoms with Crippen LogP contribution < -0.4 is 5.73 Å². The van der Waals surface area contributed by atoms with Crippen LogP contribution >= 0.6 is 25.3 Å². The van der Waals surface area contributed by atoms with Gasteiger partial charge >= 0.3 is 0 Å². The van der Waals surface area contributed by atoms with Crippen molar-refractivity contribution in [3.63, 3.8) is 0 Å². The third kappa shape index (κ3) is 2.96. The van der Waals surface area contributed by atoms with E-state index in [9.17, 15) is 4.79 Å². The summed E-state index contributed by atoms with van der Waals surface area (Å²) in [4.78, 5) is 10.1. The molecule has 0 bridgehead atoms. The second kappa shape index (κ2) is 3.35. The Morgan fingerprint density at radius 1 is 1.86 bits per heavy atom. The molecule has 0 rings (SSSR count). The lowest BCUT2D eigenvalue weighted by Gasteiger charge is -1.97. The van der Waals surface area contributed by atoms with Crippen molar-refractivity contribution in [2.75, 3.05) is 5.75 Å². The maximum absolute atomic E-state index is 10.1. The molecule has 4 heteroatoms. The van der Waals surface area contributed by atoms with Gasteiger partial charge in [0.1, 0.15) is 0 Å². The summed E-state index contributed by atoms with van der Waals surface area (Å²) in [5, 5.41) is -0.310. The first-order valence-corrected chi connectivity index (χ1v) is 2.85. The van der Waals surface area contributed by atoms with Gasteiger partial charge < -0.3 is 5.73 Å². The molecule has 2 nitrogen and oxygen atoms in total. The average molecular weight is 137 g/mol. The van der Waals surface area contributed by atoms with Gasteiger partial charge in [0.15, 0.2) is 0 Å². The summed E-state index contributed by atoms with van der Waals surface area (Å²) in [5.41, 5.74) is 5.11. The van der Waals surface area contributed by atoms with Gasteiger partial charge in [-0.2, -0.15) is 12.6 Å². The van der Waals surface area contributed by atoms with Crippen LogP contribution in [0.1, 0.15) is 0 Å². The van der Waals surface area contributed by atoms with Gasteiger partial charge in [0, 0.05) is 5.75 Å². The molecule has 1 atom stereocenters. The molecule has 0 aromatic rings. The number of rotatable bonds is 2. The Morgan fingerprint density at radius 3 is 2.29 bits per heavy atom. The summed E-state index contributed by atoms with van der Waals surface area (Å²) in [6, 6.07) is -0.508. The quantitative estimate of drug-likeness (QED) is 0.457. The summed E-state index contributed by atoms with van der Waals surface area (Å²) in [6.45, 7) is 0. The standard InChI is InChI=1S/C3H7NOS2/c4-2(1-6)3(5)7/h2,6H,1,4H2,(H,5,7). The van der Waals surface area contributed by atoms with Gasteiger partial charge in [-0.15, -0.1) is 12.6 Å². The SMILES string of the molecule is NC(CS)C(=O)S. The van der Waals surface area contributed by atoms with Crippen LogP contribution in [0.25, 0.3) is 0 Å². The van der Waals surface area contributed by atoms with E-state index in [0.29, 0.717) is 5.75 Å². The molecule has 0 spiro atoms. The molecule has 0 amide bonds. The van der Waals surface area contributed by atoms with Gasteiger partial charge in [0.05, 0.1) is 6.04 Å². The number of hydrogen-bond donors (Lipinski definition) is 3. The van der Waals surface area contributed by atoms with Crippen LogP contribution in [0, 0.1) is 0 Å². The lowest BCUT2D eigenvalue weighted by atomic mass is 10.4. The minimum atomic E-state index is -0.508. The topological polar surface area (TPSA) is 43.1 Å². The predicted molar refractivity (Wildman–Crippen MR) is 35.8 cm³/mol. The zero-order chi connectivity index (χ0) is 5.86. The highest BCUT2D eigenvalue weighted by Gasteiger charge is 2.03. The Bertz CT molecular complexity index is 75.3. The van der Waals surface area contributed by atoms with E-state index in [2.05, 4.69) is 25.3 Å². The van der Waals surface area contributed by atoms with Crippen molar-refractivity contribution in [2.45, 2.75) is 6.04 Å². The Morgan fingerprint density at radius 2 is 2.29 bits per heavy atom. The Kier molecular flexibility index (Phi) is 3.50. The lowest BCUT2D eigenvalue weighted by molar-refractivity contribution is -0.111. The van der Waals surface area contributed by atoms with Crippen molar-refractivity contribution in [3.8, 4) is 0 Å². The van der Waals surface area contributed by atoms with E-state index < -0.39 is 6.04 Å². The molecule has 0 aromatic heterocycles. The molecule has 0 heterocycles. The van der Waals surface area contributed by atoms with Gasteiger partial charge in [0.2, 0.25) is 5.12 Å². The van der Waals surface area contributed by atoms with E-state index >= 15 is 0 Å². The first-order valence-electron chi connectivity index (χ1n) is 1.77. The zero-order valence-corrected chi connectivity index (χ0v) is 5.45. The first-order chi connectivity index (χ1) is 3.18. The normalized spacial score (nSPS) is 13.6. The van der Waals surface area contributed by atoms with Crippen LogP contribution in [0.3, 0.4) is 0 Å². The fraction of sp³-hybridized carbons (Fsp3) is 0.667. The van der Waals surface area contributed by atoms with E-state index in [1.807, 2.05) is 0 Å². The summed E-state index contributed by atoms with van der Waals surface area (Å²) in [5.74, 6) is 0.363. The van der Waals surface area contributed by atoms with Crippen LogP contribution in [-0.4, -0.2) is 16.9 Å². The van der Waals surface area contributed by atoms with Crippen LogP contribution in [-0.2, 0) is 4.79 Å². The Balaban J connectivity index is 3.34. The number of carbonyl (C=O) groups excluding carboxylic acids is 1. The molecule has 0 aliphatic carbocycles. The lowest BCUT2D eigenvalue weighted by Crippen LogP contribution is -2.28. The Labute approximate surface area is 53.3 Å². The van der Waals surface area contributed by atoms with Gasteiger partial charge in [-0.1, -0.05) is 0 Å². The number of hydrogen-bond acceptors (Lipinski definition) is 3. The molecular formula is C3H7NOS2. The van der Waals surface area contributed by atoms with Gasteiger partial charge in [-0.25, -0.2) is 0 Å². The van der Waals surface area contributed by atoms with Crippen LogP contribution in [0.2, 0.25) is 0 Å². The van der Waals surface area contributed by atoms with Crippen LogP contribution in [0.15, 0.2) is 0 Å². The van der Waals surface area contributed by atoms with E-state index in [4.69, 9.17) is 5.73 Å². The predicted octanol–water partition coefficient (Wildman–Crippen LogP) is -0.300. The molecule has 0 radical (unpaired) electrons. The zero-order valence-electron chi connectivity index (χ0n) is 3.66. The van der Waals surface area contributed by atoms with Crippen LogP contribution in [0.4, 0.5) is 0 Å². The van der Waals surface area contributed by atoms with Crippen molar-refractivity contribution in [3.05, 3.63) is 0 Å². The smallest absolute Gasteiger partial charge is 0.203 e. The molecule has 42 valence electrons. The van der Waals surface area contributed by atoms with Crippen molar-refractivity contribution in [1.29, 1.82) is 0 Å². The third-order valence-electron chi connectivity index (χ3n) is 0.514. The molecule has 7 heavy (non-hydrogen) atoms. The molecule has 0 saturated carbocycles. The van der Waals surface area contributed by atoms with Crippen molar-refractivity contribution < 1.29 is 4.79 Å². The molecular weight excluding hydrogens is 130 g/mol. The van der Waals surface area contributed by atoms with Crippen molar-refractivity contribution in [2.24, 2.45) is 5.73 Å². The van der Waals surface area contributed by atoms with Crippen LogP contribution in [0.5, 0.6) is 0 Å². The molecule has 0 aliphatic heterocycles. The summed E-state index contributed by atoms with van der Waals surface area (Å²) in [6.07, 6.45) is 0. The van der Waals surface area contributed by atoms with Gasteiger partial charge in [-0.3, -0.25) is 4.79 Å². The second-order valence-electron chi connectivity index (χ2n) is 1.13. The largest absolute Gasteiger partial charge is 0.320 e. The highest BCUT2D eigenvalue weighted by molar-refractivity contribution is 7.96. The maximum atomic E-state index is 10.1. The minimum Gasteiger partial charge on any atom is -0.320 e. The number of nitrogens with two attached hydrogens (primary N) is 1. The molecule has 0 aromatic carbocycles. The first kappa shape index (κ1) is 7.33. The highest BCUT2D eigenvalue weighted by atomic mass is 32.1. The summed E-state index contributed by atoms with van der Waals surface area (Å²) in [7, 11) is 0. The van der Waals surface area contributed by atoms with E-state index in [1.54, 1.807) is 0 Å². The molecule has 1 unspecified atom stereocenters. The summed E-state index contributed by atoms with van der Waals surface area (Å²) < 4.78 is 0. The van der Waals surface area contributed by atoms with Crippen molar-refractivity contribution >= 4 is 30.4 Å². The highest BCUT2D eigenvalue weighted by Crippen LogP contribution is 1.87. The molecule has 0 fully saturated rings. The van der Waals surface area contributed by atoms with E-state index in [-0.39, 0.29) is 5.12 Å². The second-order valence-corrected chi connectivity index (χ2v) is 1.93. The minimum absolute atomic E-state index is 0.310. The molecule has 2 N–H and O–H groups in total. The van der Waals surface area contributed by atoms with Gasteiger partial charge in [0.25, 0.3) is 0 Å². The molecule has 0 saturated heterocycles. The Hall–Kier alpha value is 0.330. The maximum Gasteiger partial charge on any atom is 0.203 e. The van der Waals surface area contributed by atoms with E-state index in [0.717, 1.165) is 0 Å².